The number of rotatable bonds is 8. The summed E-state index contributed by atoms with van der Waals surface area (Å²) in [5, 5.41) is 3.99. The molecule has 0 aromatic carbocycles. The SMILES string of the molecule is CCCNC(CCSc1ncnc2nc[nH]c12)C(N)=O. The van der Waals surface area contributed by atoms with Gasteiger partial charge in [-0.05, 0) is 19.4 Å². The number of amides is 1. The van der Waals surface area contributed by atoms with E-state index in [9.17, 15) is 4.79 Å². The third-order valence-electron chi connectivity index (χ3n) is 2.82. The molecule has 1 amide bonds. The fraction of sp³-hybridized carbons (Fsp3) is 0.500. The zero-order chi connectivity index (χ0) is 14.4. The maximum Gasteiger partial charge on any atom is 0.234 e. The molecule has 0 radical (unpaired) electrons. The van der Waals surface area contributed by atoms with Crippen LogP contribution in [0.4, 0.5) is 0 Å². The van der Waals surface area contributed by atoms with E-state index in [1.54, 1.807) is 18.1 Å². The second kappa shape index (κ2) is 7.20. The van der Waals surface area contributed by atoms with Crippen molar-refractivity contribution in [3.05, 3.63) is 12.7 Å². The first-order chi connectivity index (χ1) is 9.72. The molecule has 0 bridgehead atoms. The van der Waals surface area contributed by atoms with Crippen molar-refractivity contribution in [2.75, 3.05) is 12.3 Å². The predicted octanol–water partition coefficient (Wildman–Crippen LogP) is 0.689. The lowest BCUT2D eigenvalue weighted by Gasteiger charge is -2.14. The van der Waals surface area contributed by atoms with Crippen LogP contribution in [0.15, 0.2) is 17.7 Å². The maximum absolute atomic E-state index is 11.3. The molecule has 0 saturated heterocycles. The lowest BCUT2D eigenvalue weighted by atomic mass is 10.2. The van der Waals surface area contributed by atoms with Crippen LogP contribution in [0, 0.1) is 0 Å². The van der Waals surface area contributed by atoms with E-state index in [0.29, 0.717) is 12.1 Å². The summed E-state index contributed by atoms with van der Waals surface area (Å²) in [7, 11) is 0. The van der Waals surface area contributed by atoms with Crippen molar-refractivity contribution in [3.8, 4) is 0 Å². The van der Waals surface area contributed by atoms with Crippen molar-refractivity contribution < 1.29 is 4.79 Å². The van der Waals surface area contributed by atoms with Gasteiger partial charge in [-0.15, -0.1) is 11.8 Å². The Morgan fingerprint density at radius 2 is 2.35 bits per heavy atom. The number of hydrogen-bond acceptors (Lipinski definition) is 6. The van der Waals surface area contributed by atoms with E-state index in [1.165, 1.54) is 6.33 Å². The number of nitrogens with zero attached hydrogens (tertiary/aromatic N) is 3. The highest BCUT2D eigenvalue weighted by atomic mass is 32.2. The molecule has 108 valence electrons. The van der Waals surface area contributed by atoms with Gasteiger partial charge in [-0.1, -0.05) is 6.92 Å². The number of thioether (sulfide) groups is 1. The zero-order valence-corrected chi connectivity index (χ0v) is 12.1. The highest BCUT2D eigenvalue weighted by Gasteiger charge is 2.14. The van der Waals surface area contributed by atoms with Crippen LogP contribution >= 0.6 is 11.8 Å². The lowest BCUT2D eigenvalue weighted by Crippen LogP contribution is -2.41. The monoisotopic (exact) mass is 294 g/mol. The number of carbonyl (C=O) groups is 1. The normalized spacial score (nSPS) is 12.7. The molecule has 2 aromatic heterocycles. The van der Waals surface area contributed by atoms with Gasteiger partial charge in [0.25, 0.3) is 0 Å². The number of aromatic amines is 1. The number of fused-ring (bicyclic) bond motifs is 1. The van der Waals surface area contributed by atoms with Gasteiger partial charge in [-0.25, -0.2) is 15.0 Å². The van der Waals surface area contributed by atoms with E-state index >= 15 is 0 Å². The summed E-state index contributed by atoms with van der Waals surface area (Å²) in [4.78, 5) is 26.7. The summed E-state index contributed by atoms with van der Waals surface area (Å²) in [5.74, 6) is 0.434. The Morgan fingerprint density at radius 1 is 1.50 bits per heavy atom. The van der Waals surface area contributed by atoms with Crippen LogP contribution in [-0.4, -0.2) is 44.2 Å². The molecule has 2 heterocycles. The van der Waals surface area contributed by atoms with Gasteiger partial charge >= 0.3 is 0 Å². The fourth-order valence-corrected chi connectivity index (χ4v) is 2.75. The fourth-order valence-electron chi connectivity index (χ4n) is 1.79. The topological polar surface area (TPSA) is 110 Å². The molecular weight excluding hydrogens is 276 g/mol. The number of imidazole rings is 1. The third-order valence-corrected chi connectivity index (χ3v) is 3.84. The second-order valence-corrected chi connectivity index (χ2v) is 5.41. The molecule has 0 aliphatic carbocycles. The molecule has 1 unspecified atom stereocenters. The maximum atomic E-state index is 11.3. The van der Waals surface area contributed by atoms with Crippen molar-refractivity contribution in [1.82, 2.24) is 25.3 Å². The van der Waals surface area contributed by atoms with E-state index in [2.05, 4.69) is 32.2 Å². The van der Waals surface area contributed by atoms with Gasteiger partial charge in [0.05, 0.1) is 12.4 Å². The first kappa shape index (κ1) is 14.7. The van der Waals surface area contributed by atoms with Crippen LogP contribution in [0.2, 0.25) is 0 Å². The number of aromatic nitrogens is 4. The highest BCUT2D eigenvalue weighted by Crippen LogP contribution is 2.22. The van der Waals surface area contributed by atoms with Gasteiger partial charge in [0.2, 0.25) is 5.91 Å². The number of nitrogens with two attached hydrogens (primary N) is 1. The van der Waals surface area contributed by atoms with Crippen molar-refractivity contribution in [2.45, 2.75) is 30.8 Å². The third kappa shape index (κ3) is 3.67. The van der Waals surface area contributed by atoms with E-state index in [-0.39, 0.29) is 11.9 Å². The summed E-state index contributed by atoms with van der Waals surface area (Å²) >= 11 is 1.56. The summed E-state index contributed by atoms with van der Waals surface area (Å²) in [6, 6.07) is -0.290. The number of H-pyrrole nitrogens is 1. The summed E-state index contributed by atoms with van der Waals surface area (Å²) in [5.41, 5.74) is 6.86. The first-order valence-electron chi connectivity index (χ1n) is 6.52. The summed E-state index contributed by atoms with van der Waals surface area (Å²) in [6.45, 7) is 2.84. The molecule has 2 rings (SSSR count). The van der Waals surface area contributed by atoms with E-state index < -0.39 is 0 Å². The molecule has 8 heteroatoms. The van der Waals surface area contributed by atoms with Crippen molar-refractivity contribution in [3.63, 3.8) is 0 Å². The van der Waals surface area contributed by atoms with Crippen LogP contribution in [-0.2, 0) is 4.79 Å². The highest BCUT2D eigenvalue weighted by molar-refractivity contribution is 7.99. The van der Waals surface area contributed by atoms with Crippen molar-refractivity contribution in [1.29, 1.82) is 0 Å². The Kier molecular flexibility index (Phi) is 5.31. The van der Waals surface area contributed by atoms with Crippen LogP contribution in [0.5, 0.6) is 0 Å². The molecule has 4 N–H and O–H groups in total. The lowest BCUT2D eigenvalue weighted by molar-refractivity contribution is -0.120. The van der Waals surface area contributed by atoms with E-state index in [1.807, 2.05) is 0 Å². The molecule has 0 aliphatic rings. The van der Waals surface area contributed by atoms with Gasteiger partial charge in [0, 0.05) is 5.75 Å². The summed E-state index contributed by atoms with van der Waals surface area (Å²) in [6.07, 6.45) is 4.72. The smallest absolute Gasteiger partial charge is 0.234 e. The van der Waals surface area contributed by atoms with Crippen LogP contribution in [0.25, 0.3) is 11.2 Å². The second-order valence-electron chi connectivity index (χ2n) is 4.33. The Hall–Kier alpha value is -1.67. The number of primary amides is 1. The molecule has 1 atom stereocenters. The Balaban J connectivity index is 1.91. The van der Waals surface area contributed by atoms with Gasteiger partial charge in [-0.2, -0.15) is 0 Å². The molecule has 0 aliphatic heterocycles. The molecule has 0 saturated carbocycles. The predicted molar refractivity (Wildman–Crippen MR) is 78.3 cm³/mol. The molecule has 7 nitrogen and oxygen atoms in total. The van der Waals surface area contributed by atoms with Crippen LogP contribution in [0.1, 0.15) is 19.8 Å². The summed E-state index contributed by atoms with van der Waals surface area (Å²) < 4.78 is 0. The molecule has 20 heavy (non-hydrogen) atoms. The minimum Gasteiger partial charge on any atom is -0.368 e. The minimum atomic E-state index is -0.312. The standard InChI is InChI=1S/C12H18N6OS/c1-2-4-14-8(10(13)19)3-5-20-12-9-11(16-6-15-9)17-7-18-12/h6-8,14H,2-5H2,1H3,(H2,13,19)(H,15,16,17,18). The van der Waals surface area contributed by atoms with Crippen LogP contribution in [0.3, 0.4) is 0 Å². The molecule has 0 spiro atoms. The quantitative estimate of drug-likeness (QED) is 0.488. The van der Waals surface area contributed by atoms with Crippen molar-refractivity contribution >= 4 is 28.8 Å². The number of hydrogen-bond donors (Lipinski definition) is 3. The van der Waals surface area contributed by atoms with Gasteiger partial charge in [0.1, 0.15) is 16.9 Å². The largest absolute Gasteiger partial charge is 0.368 e. The Morgan fingerprint density at radius 3 is 3.10 bits per heavy atom. The molecule has 2 aromatic rings. The average Bonchev–Trinajstić information content (AvgIpc) is 2.91. The Bertz CT molecular complexity index is 572. The minimum absolute atomic E-state index is 0.290. The van der Waals surface area contributed by atoms with E-state index in [4.69, 9.17) is 5.73 Å². The zero-order valence-electron chi connectivity index (χ0n) is 11.3. The van der Waals surface area contributed by atoms with Gasteiger partial charge < -0.3 is 16.0 Å². The Labute approximate surface area is 121 Å². The number of nitrogens with one attached hydrogen (secondary N) is 2. The van der Waals surface area contributed by atoms with E-state index in [0.717, 1.165) is 29.3 Å². The average molecular weight is 294 g/mol. The number of carbonyl (C=O) groups excluding carboxylic acids is 1. The van der Waals surface area contributed by atoms with Gasteiger partial charge in [0.15, 0.2) is 5.65 Å². The van der Waals surface area contributed by atoms with Crippen LogP contribution < -0.4 is 11.1 Å². The van der Waals surface area contributed by atoms with Gasteiger partial charge in [-0.3, -0.25) is 4.79 Å². The van der Waals surface area contributed by atoms with Crippen molar-refractivity contribution in [2.24, 2.45) is 5.73 Å². The molecule has 0 fully saturated rings. The molecular formula is C12H18N6OS. The first-order valence-corrected chi connectivity index (χ1v) is 7.50.